The zero-order chi connectivity index (χ0) is 10.7. The Morgan fingerprint density at radius 3 is 3.07 bits per heavy atom. The molecule has 1 aliphatic rings. The van der Waals surface area contributed by atoms with E-state index in [0.29, 0.717) is 6.04 Å². The molecule has 0 spiro atoms. The number of hydrogen-bond donors (Lipinski definition) is 2. The molecule has 15 heavy (non-hydrogen) atoms. The SMILES string of the molecule is Cc1ccc(N)c(CCC2CCCN2)c1. The molecule has 2 nitrogen and oxygen atoms in total. The van der Waals surface area contributed by atoms with Gasteiger partial charge in [-0.1, -0.05) is 17.7 Å². The van der Waals surface area contributed by atoms with Crippen molar-refractivity contribution in [1.29, 1.82) is 0 Å². The van der Waals surface area contributed by atoms with Crippen LogP contribution < -0.4 is 11.1 Å². The maximum Gasteiger partial charge on any atom is 0.0346 e. The monoisotopic (exact) mass is 204 g/mol. The fourth-order valence-electron chi connectivity index (χ4n) is 2.28. The fourth-order valence-corrected chi connectivity index (χ4v) is 2.28. The second-order valence-electron chi connectivity index (χ2n) is 4.53. The van der Waals surface area contributed by atoms with Crippen LogP contribution >= 0.6 is 0 Å². The van der Waals surface area contributed by atoms with Gasteiger partial charge in [-0.05, 0) is 50.8 Å². The van der Waals surface area contributed by atoms with Crippen molar-refractivity contribution in [3.63, 3.8) is 0 Å². The Morgan fingerprint density at radius 1 is 1.47 bits per heavy atom. The van der Waals surface area contributed by atoms with E-state index in [2.05, 4.69) is 24.4 Å². The summed E-state index contributed by atoms with van der Waals surface area (Å²) in [7, 11) is 0. The molecule has 1 aromatic rings. The third-order valence-electron chi connectivity index (χ3n) is 3.22. The third kappa shape index (κ3) is 2.72. The van der Waals surface area contributed by atoms with E-state index < -0.39 is 0 Å². The highest BCUT2D eigenvalue weighted by molar-refractivity contribution is 5.48. The first-order valence-electron chi connectivity index (χ1n) is 5.84. The van der Waals surface area contributed by atoms with Gasteiger partial charge in [0.2, 0.25) is 0 Å². The zero-order valence-electron chi connectivity index (χ0n) is 9.42. The molecule has 2 heteroatoms. The minimum atomic E-state index is 0.713. The molecule has 0 amide bonds. The maximum absolute atomic E-state index is 5.95. The zero-order valence-corrected chi connectivity index (χ0v) is 9.42. The van der Waals surface area contributed by atoms with E-state index in [4.69, 9.17) is 5.73 Å². The molecule has 0 aliphatic carbocycles. The number of hydrogen-bond acceptors (Lipinski definition) is 2. The average molecular weight is 204 g/mol. The topological polar surface area (TPSA) is 38.0 Å². The molecule has 82 valence electrons. The summed E-state index contributed by atoms with van der Waals surface area (Å²) < 4.78 is 0. The smallest absolute Gasteiger partial charge is 0.0346 e. The van der Waals surface area contributed by atoms with Crippen LogP contribution in [0.5, 0.6) is 0 Å². The highest BCUT2D eigenvalue weighted by Crippen LogP contribution is 2.18. The first-order valence-corrected chi connectivity index (χ1v) is 5.84. The Bertz CT molecular complexity index is 327. The quantitative estimate of drug-likeness (QED) is 0.741. The van der Waals surface area contributed by atoms with Gasteiger partial charge in [-0.3, -0.25) is 0 Å². The van der Waals surface area contributed by atoms with Gasteiger partial charge in [0, 0.05) is 11.7 Å². The molecule has 1 unspecified atom stereocenters. The predicted molar refractivity (Wildman–Crippen MR) is 64.9 cm³/mol. The fraction of sp³-hybridized carbons (Fsp3) is 0.538. The molecule has 1 saturated heterocycles. The van der Waals surface area contributed by atoms with Crippen molar-refractivity contribution >= 4 is 5.69 Å². The largest absolute Gasteiger partial charge is 0.399 e. The molecule has 1 atom stereocenters. The molecule has 3 N–H and O–H groups in total. The van der Waals surface area contributed by atoms with Gasteiger partial charge in [-0.2, -0.15) is 0 Å². The first-order chi connectivity index (χ1) is 7.25. The second-order valence-corrected chi connectivity index (χ2v) is 4.53. The molecule has 0 bridgehead atoms. The lowest BCUT2D eigenvalue weighted by Crippen LogP contribution is -2.21. The Balaban J connectivity index is 1.94. The molecular formula is C13H20N2. The van der Waals surface area contributed by atoms with Crippen molar-refractivity contribution in [2.24, 2.45) is 0 Å². The standard InChI is InChI=1S/C13H20N2/c1-10-4-7-13(14)11(9-10)5-6-12-3-2-8-15-12/h4,7,9,12,15H,2-3,5-6,8,14H2,1H3. The van der Waals surface area contributed by atoms with Crippen molar-refractivity contribution < 1.29 is 0 Å². The summed E-state index contributed by atoms with van der Waals surface area (Å²) in [6, 6.07) is 7.02. The van der Waals surface area contributed by atoms with Crippen molar-refractivity contribution in [2.45, 2.75) is 38.6 Å². The van der Waals surface area contributed by atoms with Gasteiger partial charge in [-0.15, -0.1) is 0 Å². The molecule has 1 aromatic carbocycles. The molecule has 2 rings (SSSR count). The van der Waals surface area contributed by atoms with Crippen molar-refractivity contribution in [2.75, 3.05) is 12.3 Å². The van der Waals surface area contributed by atoms with E-state index in [1.807, 2.05) is 6.07 Å². The van der Waals surface area contributed by atoms with Crippen molar-refractivity contribution in [3.05, 3.63) is 29.3 Å². The van der Waals surface area contributed by atoms with Crippen LogP contribution in [0.3, 0.4) is 0 Å². The Morgan fingerprint density at radius 2 is 2.33 bits per heavy atom. The van der Waals surface area contributed by atoms with E-state index in [1.165, 1.54) is 36.9 Å². The number of nitrogens with one attached hydrogen (secondary N) is 1. The van der Waals surface area contributed by atoms with Crippen LogP contribution in [0.1, 0.15) is 30.4 Å². The van der Waals surface area contributed by atoms with E-state index in [1.54, 1.807) is 0 Å². The first kappa shape index (κ1) is 10.5. The van der Waals surface area contributed by atoms with Crippen LogP contribution in [0.4, 0.5) is 5.69 Å². The van der Waals surface area contributed by atoms with Crippen LogP contribution in [-0.2, 0) is 6.42 Å². The maximum atomic E-state index is 5.95. The number of aryl methyl sites for hydroxylation is 2. The lowest BCUT2D eigenvalue weighted by molar-refractivity contribution is 0.559. The lowest BCUT2D eigenvalue weighted by Gasteiger charge is -2.11. The van der Waals surface area contributed by atoms with Crippen LogP contribution in [0.25, 0.3) is 0 Å². The summed E-state index contributed by atoms with van der Waals surface area (Å²) in [5, 5.41) is 3.52. The summed E-state index contributed by atoms with van der Waals surface area (Å²) >= 11 is 0. The van der Waals surface area contributed by atoms with Crippen LogP contribution in [0.2, 0.25) is 0 Å². The second kappa shape index (κ2) is 4.67. The number of nitrogens with two attached hydrogens (primary N) is 1. The highest BCUT2D eigenvalue weighted by atomic mass is 14.9. The van der Waals surface area contributed by atoms with Crippen molar-refractivity contribution in [1.82, 2.24) is 5.32 Å². The average Bonchev–Trinajstić information content (AvgIpc) is 2.72. The van der Waals surface area contributed by atoms with Gasteiger partial charge >= 0.3 is 0 Å². The van der Waals surface area contributed by atoms with E-state index in [0.717, 1.165) is 12.1 Å². The van der Waals surface area contributed by atoms with E-state index in [-0.39, 0.29) is 0 Å². The highest BCUT2D eigenvalue weighted by Gasteiger charge is 2.13. The minimum absolute atomic E-state index is 0.713. The molecule has 0 aromatic heterocycles. The Kier molecular flexibility index (Phi) is 3.27. The van der Waals surface area contributed by atoms with Gasteiger partial charge in [0.1, 0.15) is 0 Å². The van der Waals surface area contributed by atoms with E-state index in [9.17, 15) is 0 Å². The molecule has 1 heterocycles. The van der Waals surface area contributed by atoms with Gasteiger partial charge in [0.05, 0.1) is 0 Å². The van der Waals surface area contributed by atoms with Crippen LogP contribution in [-0.4, -0.2) is 12.6 Å². The summed E-state index contributed by atoms with van der Waals surface area (Å²) in [5.74, 6) is 0. The molecule has 0 radical (unpaired) electrons. The van der Waals surface area contributed by atoms with Gasteiger partial charge < -0.3 is 11.1 Å². The Labute approximate surface area is 91.9 Å². The Hall–Kier alpha value is -1.02. The number of anilines is 1. The van der Waals surface area contributed by atoms with E-state index >= 15 is 0 Å². The van der Waals surface area contributed by atoms with Crippen LogP contribution in [0, 0.1) is 6.92 Å². The molecule has 1 fully saturated rings. The normalized spacial score (nSPS) is 20.7. The minimum Gasteiger partial charge on any atom is -0.399 e. The number of benzene rings is 1. The number of nitrogen functional groups attached to an aromatic ring is 1. The third-order valence-corrected chi connectivity index (χ3v) is 3.22. The summed E-state index contributed by atoms with van der Waals surface area (Å²) in [6.07, 6.45) is 4.97. The van der Waals surface area contributed by atoms with Gasteiger partial charge in [0.25, 0.3) is 0 Å². The summed E-state index contributed by atoms with van der Waals surface area (Å²) in [5.41, 5.74) is 9.51. The predicted octanol–water partition coefficient (Wildman–Crippen LogP) is 2.26. The summed E-state index contributed by atoms with van der Waals surface area (Å²) in [6.45, 7) is 3.31. The molecular weight excluding hydrogens is 184 g/mol. The summed E-state index contributed by atoms with van der Waals surface area (Å²) in [4.78, 5) is 0. The molecule has 1 aliphatic heterocycles. The lowest BCUT2D eigenvalue weighted by atomic mass is 10.0. The molecule has 0 saturated carbocycles. The number of rotatable bonds is 3. The van der Waals surface area contributed by atoms with Gasteiger partial charge in [0.15, 0.2) is 0 Å². The van der Waals surface area contributed by atoms with Gasteiger partial charge in [-0.25, -0.2) is 0 Å². The van der Waals surface area contributed by atoms with Crippen LogP contribution in [0.15, 0.2) is 18.2 Å². The van der Waals surface area contributed by atoms with Crippen molar-refractivity contribution in [3.8, 4) is 0 Å².